The van der Waals surface area contributed by atoms with Gasteiger partial charge in [0, 0.05) is 19.0 Å². The second-order valence-electron chi connectivity index (χ2n) is 12.7. The number of alkyl halides is 2. The van der Waals surface area contributed by atoms with Crippen LogP contribution in [0.3, 0.4) is 0 Å². The number of hydrogen-bond acceptors (Lipinski definition) is 5. The molecule has 4 N–H and O–H groups in total. The molecule has 222 valence electrons. The number of likely N-dealkylation sites (tertiary alicyclic amines) is 1. The summed E-state index contributed by atoms with van der Waals surface area (Å²) in [4.78, 5) is 65.6. The SMILES string of the molecule is CC(C)NC(=O)C(=O)C(CCC(C)(F)F)NC(=O)C1CC2(CCCCC2)CN1C(=O)C(NC(=O)O)C(C)(C)C. The first kappa shape index (κ1) is 32.4. The third-order valence-electron chi connectivity index (χ3n) is 7.54. The van der Waals surface area contributed by atoms with Crippen molar-refractivity contribution in [3.8, 4) is 0 Å². The van der Waals surface area contributed by atoms with Gasteiger partial charge >= 0.3 is 6.09 Å². The molecule has 0 aromatic heterocycles. The van der Waals surface area contributed by atoms with E-state index in [0.717, 1.165) is 32.1 Å². The Morgan fingerprint density at radius 3 is 2.05 bits per heavy atom. The van der Waals surface area contributed by atoms with Crippen LogP contribution in [0.25, 0.3) is 0 Å². The third kappa shape index (κ3) is 9.13. The highest BCUT2D eigenvalue weighted by Gasteiger charge is 2.51. The molecule has 0 radical (unpaired) electrons. The molecule has 1 aliphatic heterocycles. The number of carbonyl (C=O) groups is 5. The van der Waals surface area contributed by atoms with Gasteiger partial charge in [-0.15, -0.1) is 0 Å². The van der Waals surface area contributed by atoms with Crippen molar-refractivity contribution in [1.29, 1.82) is 0 Å². The van der Waals surface area contributed by atoms with Crippen LogP contribution in [0.1, 0.15) is 92.9 Å². The van der Waals surface area contributed by atoms with Crippen LogP contribution in [0.4, 0.5) is 13.6 Å². The maximum absolute atomic E-state index is 13.8. The molecule has 0 aromatic rings. The van der Waals surface area contributed by atoms with E-state index in [1.54, 1.807) is 34.6 Å². The van der Waals surface area contributed by atoms with Gasteiger partial charge in [0.15, 0.2) is 0 Å². The van der Waals surface area contributed by atoms with Gasteiger partial charge in [-0.05, 0) is 57.3 Å². The standard InChI is InChI=1S/C27H44F2N4O6/c1-16(2)30-22(36)19(34)17(10-13-26(6,28)29)31-21(35)18-14-27(11-8-7-9-12-27)15-33(18)23(37)20(25(3,4)5)32-24(38)39/h16-18,20,32H,7-15H2,1-6H3,(H,30,36)(H,31,35)(H,38,39). The summed E-state index contributed by atoms with van der Waals surface area (Å²) in [6.45, 7) is 9.34. The number of nitrogens with zero attached hydrogens (tertiary/aromatic N) is 1. The van der Waals surface area contributed by atoms with Crippen LogP contribution in [-0.2, 0) is 19.2 Å². The Balaban J connectivity index is 2.38. The zero-order valence-corrected chi connectivity index (χ0v) is 23.9. The smallest absolute Gasteiger partial charge is 0.405 e. The summed E-state index contributed by atoms with van der Waals surface area (Å²) in [5.41, 5.74) is -1.15. The van der Waals surface area contributed by atoms with Gasteiger partial charge in [0.05, 0.1) is 6.04 Å². The fraction of sp³-hybridized carbons (Fsp3) is 0.815. The van der Waals surface area contributed by atoms with Gasteiger partial charge < -0.3 is 26.0 Å². The van der Waals surface area contributed by atoms with Crippen molar-refractivity contribution in [2.24, 2.45) is 10.8 Å². The van der Waals surface area contributed by atoms with Crippen LogP contribution in [0, 0.1) is 10.8 Å². The van der Waals surface area contributed by atoms with Gasteiger partial charge in [-0.2, -0.15) is 0 Å². The van der Waals surface area contributed by atoms with Crippen molar-refractivity contribution >= 4 is 29.6 Å². The monoisotopic (exact) mass is 558 g/mol. The topological polar surface area (TPSA) is 145 Å². The molecule has 3 atom stereocenters. The van der Waals surface area contributed by atoms with Crippen LogP contribution in [0.2, 0.25) is 0 Å². The second-order valence-corrected chi connectivity index (χ2v) is 12.7. The van der Waals surface area contributed by atoms with Crippen molar-refractivity contribution in [2.75, 3.05) is 6.54 Å². The molecule has 12 heteroatoms. The minimum atomic E-state index is -3.12. The number of Topliss-reactive ketones (excluding diaryl/α,β-unsaturated/α-hetero) is 1. The molecule has 4 amide bonds. The average Bonchev–Trinajstić information content (AvgIpc) is 3.16. The number of carboxylic acid groups (broad SMARTS) is 1. The summed E-state index contributed by atoms with van der Waals surface area (Å²) in [6, 6.07) is -4.06. The van der Waals surface area contributed by atoms with Crippen molar-refractivity contribution in [2.45, 2.75) is 123 Å². The number of carbonyl (C=O) groups excluding carboxylic acids is 4. The van der Waals surface area contributed by atoms with Crippen molar-refractivity contribution in [3.63, 3.8) is 0 Å². The number of nitrogens with one attached hydrogen (secondary N) is 3. The maximum Gasteiger partial charge on any atom is 0.405 e. The molecule has 10 nitrogen and oxygen atoms in total. The Hall–Kier alpha value is -2.79. The van der Waals surface area contributed by atoms with E-state index in [2.05, 4.69) is 16.0 Å². The molecule has 3 unspecified atom stereocenters. The quantitative estimate of drug-likeness (QED) is 0.303. The molecule has 2 fully saturated rings. The van der Waals surface area contributed by atoms with E-state index in [0.29, 0.717) is 13.3 Å². The van der Waals surface area contributed by atoms with Gasteiger partial charge in [-0.25, -0.2) is 13.6 Å². The number of amides is 4. The lowest BCUT2D eigenvalue weighted by Gasteiger charge is -2.36. The summed E-state index contributed by atoms with van der Waals surface area (Å²) >= 11 is 0. The molecule has 1 saturated carbocycles. The number of rotatable bonds is 10. The van der Waals surface area contributed by atoms with Crippen LogP contribution in [0.15, 0.2) is 0 Å². The number of hydrogen-bond donors (Lipinski definition) is 4. The fourth-order valence-corrected chi connectivity index (χ4v) is 5.55. The van der Waals surface area contributed by atoms with Gasteiger partial charge in [0.25, 0.3) is 5.91 Å². The lowest BCUT2D eigenvalue weighted by Crippen LogP contribution is -2.59. The first-order valence-electron chi connectivity index (χ1n) is 13.7. The minimum absolute atomic E-state index is 0.247. The number of halogens is 2. The predicted molar refractivity (Wildman–Crippen MR) is 140 cm³/mol. The normalized spacial score (nSPS) is 20.8. The first-order valence-corrected chi connectivity index (χ1v) is 13.7. The Kier molecular flexibility index (Phi) is 10.5. The molecule has 1 saturated heterocycles. The van der Waals surface area contributed by atoms with E-state index in [1.807, 2.05) is 0 Å². The highest BCUT2D eigenvalue weighted by Crippen LogP contribution is 2.47. The third-order valence-corrected chi connectivity index (χ3v) is 7.54. The highest BCUT2D eigenvalue weighted by molar-refractivity contribution is 6.38. The highest BCUT2D eigenvalue weighted by atomic mass is 19.3. The molecule has 2 aliphatic rings. The Labute approximate surface area is 229 Å². The summed E-state index contributed by atoms with van der Waals surface area (Å²) < 4.78 is 27.3. The van der Waals surface area contributed by atoms with Crippen LogP contribution in [0.5, 0.6) is 0 Å². The largest absolute Gasteiger partial charge is 0.465 e. The van der Waals surface area contributed by atoms with Crippen LogP contribution in [-0.4, -0.2) is 76.2 Å². The molecule has 1 aliphatic carbocycles. The molecule has 1 spiro atoms. The predicted octanol–water partition coefficient (Wildman–Crippen LogP) is 3.23. The van der Waals surface area contributed by atoms with Crippen LogP contribution < -0.4 is 16.0 Å². The van der Waals surface area contributed by atoms with E-state index in [4.69, 9.17) is 0 Å². The van der Waals surface area contributed by atoms with E-state index >= 15 is 0 Å². The minimum Gasteiger partial charge on any atom is -0.465 e. The van der Waals surface area contributed by atoms with E-state index in [-0.39, 0.29) is 18.0 Å². The van der Waals surface area contributed by atoms with Crippen LogP contribution >= 0.6 is 0 Å². The second kappa shape index (κ2) is 12.6. The van der Waals surface area contributed by atoms with E-state index in [9.17, 15) is 37.9 Å². The van der Waals surface area contributed by atoms with E-state index < -0.39 is 71.9 Å². The zero-order valence-electron chi connectivity index (χ0n) is 23.9. The number of ketones is 1. The maximum atomic E-state index is 13.8. The Morgan fingerprint density at radius 2 is 1.56 bits per heavy atom. The molecule has 0 aromatic carbocycles. The zero-order chi connectivity index (χ0) is 29.8. The summed E-state index contributed by atoms with van der Waals surface area (Å²) in [5, 5.41) is 16.6. The van der Waals surface area contributed by atoms with E-state index in [1.165, 1.54) is 4.90 Å². The Bertz CT molecular complexity index is 938. The van der Waals surface area contributed by atoms with Crippen molar-refractivity contribution in [1.82, 2.24) is 20.9 Å². The molecule has 1 heterocycles. The molecule has 0 bridgehead atoms. The fourth-order valence-electron chi connectivity index (χ4n) is 5.55. The summed E-state index contributed by atoms with van der Waals surface area (Å²) in [7, 11) is 0. The van der Waals surface area contributed by atoms with Crippen molar-refractivity contribution in [3.05, 3.63) is 0 Å². The first-order chi connectivity index (χ1) is 17.8. The molecular formula is C27H44F2N4O6. The molecular weight excluding hydrogens is 514 g/mol. The van der Waals surface area contributed by atoms with Gasteiger partial charge in [-0.3, -0.25) is 19.2 Å². The van der Waals surface area contributed by atoms with Crippen molar-refractivity contribution < 1.29 is 37.9 Å². The lowest BCUT2D eigenvalue weighted by molar-refractivity contribution is -0.144. The average molecular weight is 559 g/mol. The summed E-state index contributed by atoms with van der Waals surface area (Å²) in [6.07, 6.45) is 2.19. The van der Waals surface area contributed by atoms with Gasteiger partial charge in [0.1, 0.15) is 12.1 Å². The van der Waals surface area contributed by atoms with Gasteiger partial charge in [-0.1, -0.05) is 40.0 Å². The molecule has 39 heavy (non-hydrogen) atoms. The summed E-state index contributed by atoms with van der Waals surface area (Å²) in [5.74, 6) is -6.43. The Morgan fingerprint density at radius 1 is 0.974 bits per heavy atom. The van der Waals surface area contributed by atoms with Gasteiger partial charge in [0.2, 0.25) is 23.5 Å². The lowest BCUT2D eigenvalue weighted by atomic mass is 9.72. The molecule has 2 rings (SSSR count).